The summed E-state index contributed by atoms with van der Waals surface area (Å²) in [5.41, 5.74) is -8.23. The van der Waals surface area contributed by atoms with Gasteiger partial charge in [-0.25, -0.2) is 0 Å². The van der Waals surface area contributed by atoms with Gasteiger partial charge in [-0.15, -0.1) is 0 Å². The molecule has 20 heavy (non-hydrogen) atoms. The third kappa shape index (κ3) is 2.99. The van der Waals surface area contributed by atoms with Gasteiger partial charge in [0.25, 0.3) is 0 Å². The maximum Gasteiger partial charge on any atom is 0.534 e. The van der Waals surface area contributed by atoms with E-state index >= 15 is 0 Å². The summed E-state index contributed by atoms with van der Waals surface area (Å²) in [6, 6.07) is 2.06. The average molecular weight is 312 g/mol. The van der Waals surface area contributed by atoms with Gasteiger partial charge < -0.3 is 24.0 Å². The molecule has 0 saturated carbocycles. The summed E-state index contributed by atoms with van der Waals surface area (Å²) in [6.45, 7) is 0. The van der Waals surface area contributed by atoms with Gasteiger partial charge in [0.2, 0.25) is 0 Å². The molecular weight excluding hydrogens is 309 g/mol. The summed E-state index contributed by atoms with van der Waals surface area (Å²) in [4.78, 5) is 21.3. The molecule has 0 aliphatic rings. The SMILES string of the molecule is O=C([O-])c1cccc(C(=O)[O-])c1OS(=O)(=O)C(F)(F)F. The van der Waals surface area contributed by atoms with Gasteiger partial charge in [0.05, 0.1) is 11.9 Å². The zero-order valence-corrected chi connectivity index (χ0v) is 9.95. The topological polar surface area (TPSA) is 124 Å². The monoisotopic (exact) mass is 312 g/mol. The van der Waals surface area contributed by atoms with Crippen LogP contribution in [0.2, 0.25) is 0 Å². The number of rotatable bonds is 4. The van der Waals surface area contributed by atoms with Crippen molar-refractivity contribution in [2.45, 2.75) is 5.51 Å². The van der Waals surface area contributed by atoms with Crippen LogP contribution in [0, 0.1) is 0 Å². The highest BCUT2D eigenvalue weighted by Gasteiger charge is 2.49. The smallest absolute Gasteiger partial charge is 0.534 e. The first-order chi connectivity index (χ1) is 8.97. The third-order valence-corrected chi connectivity index (χ3v) is 2.88. The van der Waals surface area contributed by atoms with Crippen molar-refractivity contribution in [2.24, 2.45) is 0 Å². The molecule has 1 rings (SSSR count). The summed E-state index contributed by atoms with van der Waals surface area (Å²) >= 11 is 0. The number of benzene rings is 1. The second-order valence-corrected chi connectivity index (χ2v) is 4.78. The summed E-state index contributed by atoms with van der Waals surface area (Å²) < 4.78 is 61.6. The number of carboxylic acid groups (broad SMARTS) is 2. The van der Waals surface area contributed by atoms with Crippen LogP contribution in [0.25, 0.3) is 0 Å². The molecule has 0 aliphatic carbocycles. The van der Waals surface area contributed by atoms with Crippen LogP contribution < -0.4 is 14.4 Å². The standard InChI is InChI=1S/C9H5F3O7S/c10-9(11,12)20(17,18)19-6-4(7(13)14)2-1-3-5(6)8(15)16/h1-3H,(H,13,14)(H,15,16)/p-2. The number of alkyl halides is 3. The molecule has 0 fully saturated rings. The van der Waals surface area contributed by atoms with Crippen LogP contribution in [0.5, 0.6) is 5.75 Å². The molecule has 110 valence electrons. The molecule has 0 aromatic heterocycles. The van der Waals surface area contributed by atoms with Gasteiger partial charge in [0.15, 0.2) is 5.75 Å². The Morgan fingerprint density at radius 3 is 1.75 bits per heavy atom. The van der Waals surface area contributed by atoms with E-state index in [1.54, 1.807) is 0 Å². The van der Waals surface area contributed by atoms with Crippen molar-refractivity contribution < 1.29 is 45.6 Å². The van der Waals surface area contributed by atoms with E-state index in [0.29, 0.717) is 12.1 Å². The van der Waals surface area contributed by atoms with Crippen LogP contribution in [0.15, 0.2) is 18.2 Å². The van der Waals surface area contributed by atoms with E-state index < -0.39 is 44.4 Å². The first-order valence-corrected chi connectivity index (χ1v) is 5.94. The number of para-hydroxylation sites is 1. The highest BCUT2D eigenvalue weighted by molar-refractivity contribution is 7.88. The van der Waals surface area contributed by atoms with Gasteiger partial charge in [0, 0.05) is 11.1 Å². The van der Waals surface area contributed by atoms with Crippen molar-refractivity contribution in [1.82, 2.24) is 0 Å². The third-order valence-electron chi connectivity index (χ3n) is 1.93. The molecule has 11 heteroatoms. The van der Waals surface area contributed by atoms with E-state index in [9.17, 15) is 41.4 Å². The van der Waals surface area contributed by atoms with Crippen molar-refractivity contribution >= 4 is 22.1 Å². The quantitative estimate of drug-likeness (QED) is 0.497. The number of hydrogen-bond donors (Lipinski definition) is 0. The maximum absolute atomic E-state index is 12.1. The molecule has 0 atom stereocenters. The molecule has 0 amide bonds. The Labute approximate surface area is 109 Å². The van der Waals surface area contributed by atoms with Gasteiger partial charge in [-0.3, -0.25) is 0 Å². The fraction of sp³-hybridized carbons (Fsp3) is 0.111. The van der Waals surface area contributed by atoms with Crippen molar-refractivity contribution in [1.29, 1.82) is 0 Å². The second kappa shape index (κ2) is 5.00. The van der Waals surface area contributed by atoms with E-state index in [1.165, 1.54) is 0 Å². The minimum atomic E-state index is -6.25. The number of carboxylic acids is 2. The Hall–Kier alpha value is -2.30. The lowest BCUT2D eigenvalue weighted by Crippen LogP contribution is -2.32. The molecule has 0 heterocycles. The van der Waals surface area contributed by atoms with Crippen LogP contribution in [-0.4, -0.2) is 25.9 Å². The summed E-state index contributed by atoms with van der Waals surface area (Å²) in [5.74, 6) is -5.79. The van der Waals surface area contributed by atoms with Crippen LogP contribution in [0.4, 0.5) is 13.2 Å². The number of hydrogen-bond acceptors (Lipinski definition) is 7. The van der Waals surface area contributed by atoms with E-state index in [1.807, 2.05) is 0 Å². The lowest BCUT2D eigenvalue weighted by Gasteiger charge is -2.17. The summed E-state index contributed by atoms with van der Waals surface area (Å²) in [6.07, 6.45) is 0. The Morgan fingerprint density at radius 1 is 1.05 bits per heavy atom. The van der Waals surface area contributed by atoms with Crippen molar-refractivity contribution in [3.05, 3.63) is 29.3 Å². The van der Waals surface area contributed by atoms with Crippen molar-refractivity contribution in [3.8, 4) is 5.75 Å². The highest BCUT2D eigenvalue weighted by atomic mass is 32.2. The Balaban J connectivity index is 3.51. The fourth-order valence-corrected chi connectivity index (χ4v) is 1.60. The minimum absolute atomic E-state index is 0.614. The number of carbonyl (C=O) groups is 2. The number of aromatic carboxylic acids is 2. The van der Waals surface area contributed by atoms with E-state index in [0.717, 1.165) is 6.07 Å². The molecule has 0 N–H and O–H groups in total. The Bertz CT molecular complexity index is 630. The van der Waals surface area contributed by atoms with E-state index in [4.69, 9.17) is 0 Å². The first-order valence-electron chi connectivity index (χ1n) is 4.54. The lowest BCUT2D eigenvalue weighted by molar-refractivity contribution is -0.255. The van der Waals surface area contributed by atoms with Crippen molar-refractivity contribution in [2.75, 3.05) is 0 Å². The molecule has 0 unspecified atom stereocenters. The van der Waals surface area contributed by atoms with Crippen molar-refractivity contribution in [3.63, 3.8) is 0 Å². The molecule has 0 bridgehead atoms. The number of carbonyl (C=O) groups excluding carboxylic acids is 2. The molecule has 0 radical (unpaired) electrons. The summed E-state index contributed by atoms with van der Waals surface area (Å²) in [7, 11) is -6.25. The zero-order valence-electron chi connectivity index (χ0n) is 9.13. The molecule has 1 aromatic rings. The lowest BCUT2D eigenvalue weighted by atomic mass is 10.1. The van der Waals surface area contributed by atoms with Gasteiger partial charge in [-0.1, -0.05) is 6.07 Å². The van der Waals surface area contributed by atoms with Gasteiger partial charge in [0.1, 0.15) is 0 Å². The normalized spacial score (nSPS) is 11.9. The average Bonchev–Trinajstić information content (AvgIpc) is 2.26. The maximum atomic E-state index is 12.1. The fourth-order valence-electron chi connectivity index (χ4n) is 1.11. The Kier molecular flexibility index (Phi) is 3.94. The van der Waals surface area contributed by atoms with Gasteiger partial charge in [-0.2, -0.15) is 21.6 Å². The second-order valence-electron chi connectivity index (χ2n) is 3.24. The molecule has 0 saturated heterocycles. The van der Waals surface area contributed by atoms with Crippen LogP contribution in [0.1, 0.15) is 20.7 Å². The molecular formula is C9H3F3O7S-2. The highest BCUT2D eigenvalue weighted by Crippen LogP contribution is 2.31. The largest absolute Gasteiger partial charge is 0.545 e. The summed E-state index contributed by atoms with van der Waals surface area (Å²) in [5, 5.41) is 21.3. The molecule has 0 spiro atoms. The molecule has 1 aromatic carbocycles. The Morgan fingerprint density at radius 2 is 1.45 bits per heavy atom. The van der Waals surface area contributed by atoms with Gasteiger partial charge >= 0.3 is 15.6 Å². The number of halogens is 3. The molecule has 7 nitrogen and oxygen atoms in total. The predicted octanol–water partition coefficient (Wildman–Crippen LogP) is -1.36. The van der Waals surface area contributed by atoms with Crippen LogP contribution in [0.3, 0.4) is 0 Å². The minimum Gasteiger partial charge on any atom is -0.545 e. The van der Waals surface area contributed by atoms with Gasteiger partial charge in [-0.05, 0) is 12.1 Å². The predicted molar refractivity (Wildman–Crippen MR) is 50.7 cm³/mol. The van der Waals surface area contributed by atoms with E-state index in [-0.39, 0.29) is 0 Å². The van der Waals surface area contributed by atoms with Crippen LogP contribution >= 0.6 is 0 Å². The van der Waals surface area contributed by atoms with Crippen LogP contribution in [-0.2, 0) is 10.1 Å². The zero-order chi connectivity index (χ0) is 15.7. The first kappa shape index (κ1) is 15.8. The molecule has 0 aliphatic heterocycles. The van der Waals surface area contributed by atoms with E-state index in [2.05, 4.69) is 4.18 Å².